The van der Waals surface area contributed by atoms with E-state index in [2.05, 4.69) is 10.3 Å². The van der Waals surface area contributed by atoms with Gasteiger partial charge in [0, 0.05) is 18.0 Å². The van der Waals surface area contributed by atoms with Crippen LogP contribution in [0.4, 0.5) is 0 Å². The van der Waals surface area contributed by atoms with Gasteiger partial charge in [-0.3, -0.25) is 4.79 Å². The lowest BCUT2D eigenvalue weighted by Crippen LogP contribution is -2.23. The second kappa shape index (κ2) is 5.02. The topological polar surface area (TPSA) is 59.5 Å². The van der Waals surface area contributed by atoms with Gasteiger partial charge in [0.25, 0.3) is 5.91 Å². The van der Waals surface area contributed by atoms with E-state index in [1.54, 1.807) is 18.3 Å². The molecule has 6 heteroatoms. The Hall–Kier alpha value is -2.27. The van der Waals surface area contributed by atoms with Crippen molar-refractivity contribution < 1.29 is 9.21 Å². The first-order valence-electron chi connectivity index (χ1n) is 6.09. The number of nitrogens with one attached hydrogen (secondary N) is 1. The Morgan fingerprint density at radius 1 is 1.40 bits per heavy atom. The number of fused-ring (bicyclic) bond motifs is 1. The molecule has 0 spiro atoms. The van der Waals surface area contributed by atoms with Gasteiger partial charge < -0.3 is 14.1 Å². The Labute approximate surface area is 120 Å². The maximum absolute atomic E-state index is 11.9. The third-order valence-electron chi connectivity index (χ3n) is 2.96. The quantitative estimate of drug-likeness (QED) is 0.806. The zero-order chi connectivity index (χ0) is 14.1. The van der Waals surface area contributed by atoms with Gasteiger partial charge in [0.15, 0.2) is 5.76 Å². The van der Waals surface area contributed by atoms with Crippen molar-refractivity contribution in [2.45, 2.75) is 13.5 Å². The summed E-state index contributed by atoms with van der Waals surface area (Å²) in [6.07, 6.45) is 5.10. The van der Waals surface area contributed by atoms with Crippen molar-refractivity contribution in [1.82, 2.24) is 14.7 Å². The number of carbonyl (C=O) groups excluding carboxylic acids is 1. The number of hydrogen-bond donors (Lipinski definition) is 1. The number of hydrogen-bond acceptors (Lipinski definition) is 3. The highest BCUT2D eigenvalue weighted by Crippen LogP contribution is 2.12. The van der Waals surface area contributed by atoms with Crippen molar-refractivity contribution in [3.63, 3.8) is 0 Å². The van der Waals surface area contributed by atoms with Gasteiger partial charge >= 0.3 is 0 Å². The van der Waals surface area contributed by atoms with Gasteiger partial charge in [0.05, 0.1) is 23.5 Å². The fourth-order valence-corrected chi connectivity index (χ4v) is 2.13. The molecule has 0 unspecified atom stereocenters. The summed E-state index contributed by atoms with van der Waals surface area (Å²) in [6.45, 7) is 2.16. The Morgan fingerprint density at radius 2 is 2.25 bits per heavy atom. The highest BCUT2D eigenvalue weighted by atomic mass is 35.5. The molecule has 3 heterocycles. The van der Waals surface area contributed by atoms with Crippen LogP contribution in [0.15, 0.2) is 41.3 Å². The zero-order valence-corrected chi connectivity index (χ0v) is 11.5. The van der Waals surface area contributed by atoms with Gasteiger partial charge in [-0.15, -0.1) is 0 Å². The molecule has 1 amide bonds. The van der Waals surface area contributed by atoms with E-state index in [1.807, 2.05) is 23.6 Å². The fourth-order valence-electron chi connectivity index (χ4n) is 1.96. The minimum atomic E-state index is -0.248. The van der Waals surface area contributed by atoms with Crippen LogP contribution >= 0.6 is 11.6 Å². The van der Waals surface area contributed by atoms with E-state index in [4.69, 9.17) is 16.0 Å². The van der Waals surface area contributed by atoms with Gasteiger partial charge in [-0.05, 0) is 25.1 Å². The normalized spacial score (nSPS) is 10.9. The number of nitrogens with zero attached hydrogens (tertiary/aromatic N) is 2. The van der Waals surface area contributed by atoms with Gasteiger partial charge in [0.2, 0.25) is 0 Å². The number of imidazole rings is 1. The van der Waals surface area contributed by atoms with Crippen molar-refractivity contribution in [2.24, 2.45) is 0 Å². The fraction of sp³-hybridized carbons (Fsp3) is 0.143. The Morgan fingerprint density at radius 3 is 3.00 bits per heavy atom. The van der Waals surface area contributed by atoms with Gasteiger partial charge in [0.1, 0.15) is 5.65 Å². The number of rotatable bonds is 3. The van der Waals surface area contributed by atoms with E-state index in [9.17, 15) is 4.79 Å². The van der Waals surface area contributed by atoms with Gasteiger partial charge in [-0.1, -0.05) is 11.6 Å². The zero-order valence-electron chi connectivity index (χ0n) is 10.8. The molecule has 0 aromatic carbocycles. The molecule has 0 aliphatic heterocycles. The Bertz CT molecular complexity index is 776. The SMILES string of the molecule is Cc1ccoc1C(=O)NCc1cn2cc(Cl)ccc2n1. The van der Waals surface area contributed by atoms with Crippen LogP contribution in [0.5, 0.6) is 0 Å². The van der Waals surface area contributed by atoms with E-state index in [0.29, 0.717) is 17.3 Å². The largest absolute Gasteiger partial charge is 0.459 e. The number of furan rings is 1. The molecule has 1 N–H and O–H groups in total. The van der Waals surface area contributed by atoms with E-state index >= 15 is 0 Å². The molecule has 0 saturated carbocycles. The molecule has 102 valence electrons. The number of amides is 1. The first-order chi connectivity index (χ1) is 9.63. The Balaban J connectivity index is 1.74. The average molecular weight is 290 g/mol. The first kappa shape index (κ1) is 12.7. The van der Waals surface area contributed by atoms with Crippen LogP contribution in [0.1, 0.15) is 21.8 Å². The molecule has 0 radical (unpaired) electrons. The summed E-state index contributed by atoms with van der Waals surface area (Å²) in [7, 11) is 0. The minimum absolute atomic E-state index is 0.248. The maximum Gasteiger partial charge on any atom is 0.287 e. The van der Waals surface area contributed by atoms with Crippen LogP contribution in [-0.4, -0.2) is 15.3 Å². The third-order valence-corrected chi connectivity index (χ3v) is 3.19. The van der Waals surface area contributed by atoms with E-state index in [1.165, 1.54) is 6.26 Å². The number of aryl methyl sites for hydroxylation is 1. The standard InChI is InChI=1S/C14H12ClN3O2/c1-9-4-5-20-13(9)14(19)16-6-11-8-18-7-10(15)2-3-12(18)17-11/h2-5,7-8H,6H2,1H3,(H,16,19). The molecular formula is C14H12ClN3O2. The van der Waals surface area contributed by atoms with Gasteiger partial charge in [-0.2, -0.15) is 0 Å². The van der Waals surface area contributed by atoms with Crippen molar-refractivity contribution in [3.05, 3.63) is 58.9 Å². The lowest BCUT2D eigenvalue weighted by atomic mass is 10.2. The van der Waals surface area contributed by atoms with E-state index < -0.39 is 0 Å². The lowest BCUT2D eigenvalue weighted by Gasteiger charge is -2.00. The van der Waals surface area contributed by atoms with Crippen LogP contribution in [0, 0.1) is 6.92 Å². The maximum atomic E-state index is 11.9. The highest BCUT2D eigenvalue weighted by Gasteiger charge is 2.12. The third kappa shape index (κ3) is 2.40. The molecule has 3 aromatic rings. The minimum Gasteiger partial charge on any atom is -0.459 e. The van der Waals surface area contributed by atoms with Crippen molar-refractivity contribution in [2.75, 3.05) is 0 Å². The summed E-state index contributed by atoms with van der Waals surface area (Å²) in [5.74, 6) is 0.0828. The molecule has 5 nitrogen and oxygen atoms in total. The smallest absolute Gasteiger partial charge is 0.287 e. The molecule has 20 heavy (non-hydrogen) atoms. The predicted molar refractivity (Wildman–Crippen MR) is 74.8 cm³/mol. The number of aromatic nitrogens is 2. The van der Waals surface area contributed by atoms with Crippen molar-refractivity contribution in [1.29, 1.82) is 0 Å². The summed E-state index contributed by atoms with van der Waals surface area (Å²) in [5, 5.41) is 3.41. The molecule has 0 aliphatic carbocycles. The van der Waals surface area contributed by atoms with Gasteiger partial charge in [-0.25, -0.2) is 4.98 Å². The molecule has 0 atom stereocenters. The summed E-state index contributed by atoms with van der Waals surface area (Å²) in [6, 6.07) is 5.35. The molecule has 0 fully saturated rings. The molecule has 0 saturated heterocycles. The lowest BCUT2D eigenvalue weighted by molar-refractivity contribution is 0.0922. The molecular weight excluding hydrogens is 278 g/mol. The first-order valence-corrected chi connectivity index (χ1v) is 6.47. The number of halogens is 1. The van der Waals surface area contributed by atoms with Crippen molar-refractivity contribution >= 4 is 23.2 Å². The van der Waals surface area contributed by atoms with E-state index in [-0.39, 0.29) is 5.91 Å². The summed E-state index contributed by atoms with van der Waals surface area (Å²) < 4.78 is 6.96. The second-order valence-corrected chi connectivity index (χ2v) is 4.90. The number of carbonyl (C=O) groups is 1. The van der Waals surface area contributed by atoms with Crippen molar-refractivity contribution in [3.8, 4) is 0 Å². The summed E-state index contributed by atoms with van der Waals surface area (Å²) in [5.41, 5.74) is 2.35. The Kier molecular flexibility index (Phi) is 3.20. The van der Waals surface area contributed by atoms with Crippen LogP contribution in [0.25, 0.3) is 5.65 Å². The molecule has 3 aromatic heterocycles. The average Bonchev–Trinajstić information content (AvgIpc) is 3.01. The molecule has 0 bridgehead atoms. The van der Waals surface area contributed by atoms with Crippen LogP contribution in [0.2, 0.25) is 5.02 Å². The summed E-state index contributed by atoms with van der Waals surface area (Å²) in [4.78, 5) is 16.3. The predicted octanol–water partition coefficient (Wildman–Crippen LogP) is 2.82. The second-order valence-electron chi connectivity index (χ2n) is 4.46. The summed E-state index contributed by atoms with van der Waals surface area (Å²) >= 11 is 5.91. The van der Waals surface area contributed by atoms with Crippen LogP contribution in [-0.2, 0) is 6.54 Å². The monoisotopic (exact) mass is 289 g/mol. The van der Waals surface area contributed by atoms with E-state index in [0.717, 1.165) is 16.9 Å². The highest BCUT2D eigenvalue weighted by molar-refractivity contribution is 6.30. The molecule has 3 rings (SSSR count). The number of pyridine rings is 1. The van der Waals surface area contributed by atoms with Crippen LogP contribution in [0.3, 0.4) is 0 Å². The molecule has 0 aliphatic rings. The van der Waals surface area contributed by atoms with Crippen LogP contribution < -0.4 is 5.32 Å².